The van der Waals surface area contributed by atoms with Crippen molar-refractivity contribution in [2.24, 2.45) is 0 Å². The predicted octanol–water partition coefficient (Wildman–Crippen LogP) is 3.50. The molecule has 0 saturated heterocycles. The van der Waals surface area contributed by atoms with Gasteiger partial charge in [0.25, 0.3) is 5.88 Å². The van der Waals surface area contributed by atoms with E-state index in [0.717, 1.165) is 23.3 Å². The standard InChI is InChI=1S/C14H14BrN5O/c1-2-3-17-12-9-20-5-4-18-13(20)14(19-12)21-11-6-10(15)7-16-8-11/h4-9,17H,2-3H2,1H3. The van der Waals surface area contributed by atoms with Crippen molar-refractivity contribution in [2.75, 3.05) is 11.9 Å². The van der Waals surface area contributed by atoms with Crippen LogP contribution in [0.5, 0.6) is 11.6 Å². The second-order valence-corrected chi connectivity index (χ2v) is 5.37. The van der Waals surface area contributed by atoms with Crippen molar-refractivity contribution >= 4 is 27.4 Å². The minimum atomic E-state index is 0.445. The Hall–Kier alpha value is -2.15. The van der Waals surface area contributed by atoms with Gasteiger partial charge in [-0.2, -0.15) is 4.98 Å². The Bertz CT molecular complexity index is 758. The molecule has 3 rings (SSSR count). The van der Waals surface area contributed by atoms with E-state index in [0.29, 0.717) is 17.3 Å². The number of pyridine rings is 1. The zero-order valence-corrected chi connectivity index (χ0v) is 13.0. The van der Waals surface area contributed by atoms with E-state index in [4.69, 9.17) is 4.74 Å². The van der Waals surface area contributed by atoms with Crippen LogP contribution in [0.2, 0.25) is 0 Å². The second-order valence-electron chi connectivity index (χ2n) is 4.46. The number of nitrogens with one attached hydrogen (secondary N) is 1. The molecule has 1 N–H and O–H groups in total. The number of nitrogens with zero attached hydrogens (tertiary/aromatic N) is 4. The maximum atomic E-state index is 5.82. The molecule has 0 aliphatic rings. The van der Waals surface area contributed by atoms with Crippen LogP contribution in [0.4, 0.5) is 5.82 Å². The van der Waals surface area contributed by atoms with E-state index < -0.39 is 0 Å². The number of halogens is 1. The van der Waals surface area contributed by atoms with Gasteiger partial charge in [0.2, 0.25) is 5.65 Å². The van der Waals surface area contributed by atoms with E-state index in [1.807, 2.05) is 22.9 Å². The van der Waals surface area contributed by atoms with Crippen LogP contribution in [0.3, 0.4) is 0 Å². The molecule has 0 aliphatic heterocycles. The fraction of sp³-hybridized carbons (Fsp3) is 0.214. The third-order valence-electron chi connectivity index (χ3n) is 2.79. The largest absolute Gasteiger partial charge is 0.434 e. The van der Waals surface area contributed by atoms with Gasteiger partial charge in [-0.3, -0.25) is 9.38 Å². The van der Waals surface area contributed by atoms with Crippen molar-refractivity contribution in [2.45, 2.75) is 13.3 Å². The van der Waals surface area contributed by atoms with E-state index in [1.165, 1.54) is 0 Å². The van der Waals surface area contributed by atoms with Gasteiger partial charge >= 0.3 is 0 Å². The summed E-state index contributed by atoms with van der Waals surface area (Å²) >= 11 is 3.37. The van der Waals surface area contributed by atoms with Crippen molar-refractivity contribution in [1.29, 1.82) is 0 Å². The van der Waals surface area contributed by atoms with Gasteiger partial charge in [0.1, 0.15) is 11.6 Å². The van der Waals surface area contributed by atoms with Gasteiger partial charge in [0.05, 0.1) is 12.4 Å². The quantitative estimate of drug-likeness (QED) is 0.765. The lowest BCUT2D eigenvalue weighted by molar-refractivity contribution is 0.463. The summed E-state index contributed by atoms with van der Waals surface area (Å²) in [4.78, 5) is 12.8. The average molecular weight is 348 g/mol. The summed E-state index contributed by atoms with van der Waals surface area (Å²) < 4.78 is 8.55. The number of aromatic nitrogens is 4. The molecular weight excluding hydrogens is 334 g/mol. The summed E-state index contributed by atoms with van der Waals surface area (Å²) in [5.41, 5.74) is 0.664. The number of ether oxygens (including phenoxy) is 1. The molecule has 0 amide bonds. The molecule has 3 aromatic heterocycles. The highest BCUT2D eigenvalue weighted by atomic mass is 79.9. The van der Waals surface area contributed by atoms with Crippen LogP contribution in [0, 0.1) is 0 Å². The van der Waals surface area contributed by atoms with Crippen molar-refractivity contribution in [1.82, 2.24) is 19.4 Å². The Labute approximate surface area is 130 Å². The summed E-state index contributed by atoms with van der Waals surface area (Å²) in [5.74, 6) is 1.80. The first-order valence-electron chi connectivity index (χ1n) is 6.62. The topological polar surface area (TPSA) is 64.3 Å². The van der Waals surface area contributed by atoms with E-state index in [1.54, 1.807) is 18.6 Å². The normalized spacial score (nSPS) is 10.8. The minimum absolute atomic E-state index is 0.445. The summed E-state index contributed by atoms with van der Waals surface area (Å²) in [6.07, 6.45) is 9.83. The van der Waals surface area contributed by atoms with Crippen molar-refractivity contribution < 1.29 is 4.74 Å². The summed E-state index contributed by atoms with van der Waals surface area (Å²) in [6, 6.07) is 1.83. The molecule has 21 heavy (non-hydrogen) atoms. The number of imidazole rings is 1. The number of rotatable bonds is 5. The molecule has 0 bridgehead atoms. The molecule has 3 heterocycles. The van der Waals surface area contributed by atoms with Gasteiger partial charge < -0.3 is 10.1 Å². The third-order valence-corrected chi connectivity index (χ3v) is 3.23. The Morgan fingerprint density at radius 3 is 3.10 bits per heavy atom. The molecular formula is C14H14BrN5O. The van der Waals surface area contributed by atoms with Gasteiger partial charge in [-0.05, 0) is 28.4 Å². The summed E-state index contributed by atoms with van der Waals surface area (Å²) in [6.45, 7) is 2.96. The van der Waals surface area contributed by atoms with Gasteiger partial charge in [0.15, 0.2) is 0 Å². The Morgan fingerprint density at radius 2 is 2.29 bits per heavy atom. The van der Waals surface area contributed by atoms with Crippen LogP contribution in [0.15, 0.2) is 41.5 Å². The maximum absolute atomic E-state index is 5.82. The first-order chi connectivity index (χ1) is 10.3. The molecule has 0 radical (unpaired) electrons. The molecule has 0 atom stereocenters. The zero-order chi connectivity index (χ0) is 14.7. The van der Waals surface area contributed by atoms with E-state index in [2.05, 4.69) is 43.1 Å². The van der Waals surface area contributed by atoms with E-state index in [-0.39, 0.29) is 0 Å². The lowest BCUT2D eigenvalue weighted by Gasteiger charge is -2.09. The van der Waals surface area contributed by atoms with Crippen LogP contribution >= 0.6 is 15.9 Å². The molecule has 0 spiro atoms. The first kappa shape index (κ1) is 13.8. The highest BCUT2D eigenvalue weighted by molar-refractivity contribution is 9.10. The van der Waals surface area contributed by atoms with Crippen LogP contribution in [-0.4, -0.2) is 25.9 Å². The van der Waals surface area contributed by atoms with Gasteiger partial charge in [0, 0.05) is 29.6 Å². The van der Waals surface area contributed by atoms with Crippen molar-refractivity contribution in [3.05, 3.63) is 41.5 Å². The Morgan fingerprint density at radius 1 is 1.38 bits per heavy atom. The number of fused-ring (bicyclic) bond motifs is 1. The van der Waals surface area contributed by atoms with Crippen LogP contribution in [0.25, 0.3) is 5.65 Å². The lowest BCUT2D eigenvalue weighted by atomic mass is 10.4. The minimum Gasteiger partial charge on any atom is -0.434 e. The summed E-state index contributed by atoms with van der Waals surface area (Å²) in [5, 5.41) is 3.25. The fourth-order valence-electron chi connectivity index (χ4n) is 1.87. The monoisotopic (exact) mass is 347 g/mol. The molecule has 3 aromatic rings. The molecule has 108 valence electrons. The molecule has 0 aromatic carbocycles. The highest BCUT2D eigenvalue weighted by Gasteiger charge is 2.10. The number of hydrogen-bond donors (Lipinski definition) is 1. The van der Waals surface area contributed by atoms with Crippen molar-refractivity contribution in [3.8, 4) is 11.6 Å². The van der Waals surface area contributed by atoms with Crippen molar-refractivity contribution in [3.63, 3.8) is 0 Å². The number of hydrogen-bond acceptors (Lipinski definition) is 5. The SMILES string of the molecule is CCCNc1cn2ccnc2c(Oc2cncc(Br)c2)n1. The van der Waals surface area contributed by atoms with E-state index >= 15 is 0 Å². The van der Waals surface area contributed by atoms with Crippen LogP contribution in [0.1, 0.15) is 13.3 Å². The van der Waals surface area contributed by atoms with Crippen LogP contribution in [-0.2, 0) is 0 Å². The molecule has 7 heteroatoms. The predicted molar refractivity (Wildman–Crippen MR) is 83.8 cm³/mol. The fourth-order valence-corrected chi connectivity index (χ4v) is 2.21. The average Bonchev–Trinajstić information content (AvgIpc) is 2.94. The lowest BCUT2D eigenvalue weighted by Crippen LogP contribution is -2.05. The number of anilines is 1. The summed E-state index contributed by atoms with van der Waals surface area (Å²) in [7, 11) is 0. The van der Waals surface area contributed by atoms with Crippen LogP contribution < -0.4 is 10.1 Å². The second kappa shape index (κ2) is 6.09. The maximum Gasteiger partial charge on any atom is 0.265 e. The van der Waals surface area contributed by atoms with Gasteiger partial charge in [-0.1, -0.05) is 6.92 Å². The molecule has 0 fully saturated rings. The zero-order valence-electron chi connectivity index (χ0n) is 11.5. The molecule has 0 unspecified atom stereocenters. The smallest absolute Gasteiger partial charge is 0.265 e. The third kappa shape index (κ3) is 3.13. The van der Waals surface area contributed by atoms with Gasteiger partial charge in [-0.15, -0.1) is 0 Å². The molecule has 0 aliphatic carbocycles. The van der Waals surface area contributed by atoms with Gasteiger partial charge in [-0.25, -0.2) is 4.98 Å². The van der Waals surface area contributed by atoms with E-state index in [9.17, 15) is 0 Å². The first-order valence-corrected chi connectivity index (χ1v) is 7.41. The molecule has 6 nitrogen and oxygen atoms in total. The Balaban J connectivity index is 1.97. The molecule has 0 saturated carbocycles. The highest BCUT2D eigenvalue weighted by Crippen LogP contribution is 2.26. The Kier molecular flexibility index (Phi) is 4.01.